The van der Waals surface area contributed by atoms with Gasteiger partial charge in [0.05, 0.1) is 6.04 Å². The number of nitrogens with zero attached hydrogens (tertiary/aromatic N) is 3. The third kappa shape index (κ3) is 6.44. The van der Waals surface area contributed by atoms with Crippen LogP contribution in [0.25, 0.3) is 11.3 Å². The van der Waals surface area contributed by atoms with Crippen molar-refractivity contribution in [2.75, 3.05) is 49.3 Å². The Morgan fingerprint density at radius 1 is 0.973 bits per heavy atom. The summed E-state index contributed by atoms with van der Waals surface area (Å²) in [7, 11) is 5.77. The Labute approximate surface area is 218 Å². The smallest absolute Gasteiger partial charge is 0.410 e. The Hall–Kier alpha value is -3.94. The molecule has 0 bridgehead atoms. The Morgan fingerprint density at radius 3 is 2.27 bits per heavy atom. The van der Waals surface area contributed by atoms with Crippen LogP contribution in [0.15, 0.2) is 65.1 Å². The summed E-state index contributed by atoms with van der Waals surface area (Å²) in [6, 6.07) is 19.3. The Morgan fingerprint density at radius 2 is 1.65 bits per heavy atom. The summed E-state index contributed by atoms with van der Waals surface area (Å²) < 4.78 is 11.3. The van der Waals surface area contributed by atoms with E-state index in [-0.39, 0.29) is 23.8 Å². The molecular weight excluding hydrogens is 468 g/mol. The third-order valence-electron chi connectivity index (χ3n) is 6.38. The van der Waals surface area contributed by atoms with Gasteiger partial charge in [-0.15, -0.1) is 0 Å². The molecule has 1 aliphatic rings. The Balaban J connectivity index is 1.33. The highest BCUT2D eigenvalue weighted by Gasteiger charge is 2.31. The summed E-state index contributed by atoms with van der Waals surface area (Å²) in [6.45, 7) is 7.18. The number of rotatable bonds is 6. The average Bonchev–Trinajstić information content (AvgIpc) is 3.54. The zero-order chi connectivity index (χ0) is 26.7. The second-order valence-electron chi connectivity index (χ2n) is 10.6. The normalized spacial score (nSPS) is 15.4. The van der Waals surface area contributed by atoms with E-state index < -0.39 is 5.60 Å². The summed E-state index contributed by atoms with van der Waals surface area (Å²) in [5.41, 5.74) is 3.22. The van der Waals surface area contributed by atoms with E-state index in [9.17, 15) is 9.59 Å². The van der Waals surface area contributed by atoms with Gasteiger partial charge in [0.2, 0.25) is 0 Å². The van der Waals surface area contributed by atoms with Crippen LogP contribution < -0.4 is 15.1 Å². The van der Waals surface area contributed by atoms with Crippen LogP contribution >= 0.6 is 0 Å². The van der Waals surface area contributed by atoms with Crippen LogP contribution in [0, 0.1) is 0 Å². The van der Waals surface area contributed by atoms with E-state index in [0.29, 0.717) is 11.4 Å². The van der Waals surface area contributed by atoms with Gasteiger partial charge in [-0.25, -0.2) is 4.79 Å². The first-order chi connectivity index (χ1) is 17.5. The summed E-state index contributed by atoms with van der Waals surface area (Å²) in [5.74, 6) is 0.596. The van der Waals surface area contributed by atoms with Crippen LogP contribution in [0.5, 0.6) is 0 Å². The third-order valence-corrected chi connectivity index (χ3v) is 6.38. The van der Waals surface area contributed by atoms with E-state index >= 15 is 0 Å². The molecule has 196 valence electrons. The number of carbonyl (C=O) groups excluding carboxylic acids is 2. The Bertz CT molecular complexity index is 1230. The second kappa shape index (κ2) is 10.6. The predicted octanol–water partition coefficient (Wildman–Crippen LogP) is 5.71. The maximum Gasteiger partial charge on any atom is 0.410 e. The monoisotopic (exact) mass is 504 g/mol. The van der Waals surface area contributed by atoms with Gasteiger partial charge >= 0.3 is 6.09 Å². The fourth-order valence-electron chi connectivity index (χ4n) is 4.26. The molecule has 3 aromatic rings. The number of furan rings is 1. The molecule has 0 saturated carbocycles. The van der Waals surface area contributed by atoms with Crippen LogP contribution in [-0.2, 0) is 4.74 Å². The zero-order valence-electron chi connectivity index (χ0n) is 22.4. The lowest BCUT2D eigenvalue weighted by molar-refractivity contribution is 0.0237. The summed E-state index contributed by atoms with van der Waals surface area (Å²) in [4.78, 5) is 31.1. The molecule has 0 aliphatic carbocycles. The van der Waals surface area contributed by atoms with E-state index in [1.807, 2.05) is 88.3 Å². The highest BCUT2D eigenvalue weighted by Crippen LogP contribution is 2.27. The number of amides is 2. The van der Waals surface area contributed by atoms with Gasteiger partial charge < -0.3 is 29.2 Å². The SMILES string of the molecule is CN(C)c1ccc(-c2ccc(C(=O)Nc3ccc(N4CCC(N(C)C(=O)OC(C)(C)C)C4)cc3)o2)cc1. The average molecular weight is 505 g/mol. The Kier molecular flexibility index (Phi) is 7.47. The van der Waals surface area contributed by atoms with Crippen LogP contribution in [0.4, 0.5) is 21.9 Å². The van der Waals surface area contributed by atoms with Crippen LogP contribution in [0.3, 0.4) is 0 Å². The molecule has 1 saturated heterocycles. The van der Waals surface area contributed by atoms with Crippen molar-refractivity contribution in [3.63, 3.8) is 0 Å². The minimum absolute atomic E-state index is 0.0847. The maximum absolute atomic E-state index is 12.8. The van der Waals surface area contributed by atoms with Crippen molar-refractivity contribution < 1.29 is 18.7 Å². The second-order valence-corrected chi connectivity index (χ2v) is 10.6. The first kappa shape index (κ1) is 26.1. The molecule has 1 fully saturated rings. The summed E-state index contributed by atoms with van der Waals surface area (Å²) >= 11 is 0. The van der Waals surface area contributed by atoms with Crippen molar-refractivity contribution in [1.29, 1.82) is 0 Å². The lowest BCUT2D eigenvalue weighted by Crippen LogP contribution is -2.42. The predicted molar refractivity (Wildman–Crippen MR) is 147 cm³/mol. The van der Waals surface area contributed by atoms with Crippen molar-refractivity contribution in [1.82, 2.24) is 4.90 Å². The number of nitrogens with one attached hydrogen (secondary N) is 1. The van der Waals surface area contributed by atoms with Gasteiger partial charge in [-0.2, -0.15) is 0 Å². The van der Waals surface area contributed by atoms with E-state index in [1.165, 1.54) is 0 Å². The van der Waals surface area contributed by atoms with Gasteiger partial charge in [0, 0.05) is 56.9 Å². The summed E-state index contributed by atoms with van der Waals surface area (Å²) in [5, 5.41) is 2.90. The first-order valence-corrected chi connectivity index (χ1v) is 12.5. The van der Waals surface area contributed by atoms with Crippen molar-refractivity contribution in [2.45, 2.75) is 38.8 Å². The maximum atomic E-state index is 12.8. The van der Waals surface area contributed by atoms with Gasteiger partial charge in [0.1, 0.15) is 11.4 Å². The van der Waals surface area contributed by atoms with Gasteiger partial charge in [-0.3, -0.25) is 4.79 Å². The topological polar surface area (TPSA) is 78.3 Å². The van der Waals surface area contributed by atoms with Gasteiger partial charge in [-0.05, 0) is 87.9 Å². The van der Waals surface area contributed by atoms with Crippen LogP contribution in [0.1, 0.15) is 37.7 Å². The standard InChI is InChI=1S/C29H36N4O4/c1-29(2,3)37-28(35)32(6)24-17-18-33(19-24)23-13-9-21(10-14-23)30-27(34)26-16-15-25(36-26)20-7-11-22(12-8-20)31(4)5/h7-16,24H,17-19H2,1-6H3,(H,30,34). The first-order valence-electron chi connectivity index (χ1n) is 12.5. The number of hydrogen-bond acceptors (Lipinski definition) is 6. The molecule has 2 aromatic carbocycles. The molecule has 2 amide bonds. The molecule has 0 radical (unpaired) electrons. The molecular formula is C29H36N4O4. The highest BCUT2D eigenvalue weighted by molar-refractivity contribution is 6.02. The number of ether oxygens (including phenoxy) is 1. The highest BCUT2D eigenvalue weighted by atomic mass is 16.6. The fraction of sp³-hybridized carbons (Fsp3) is 0.379. The quantitative estimate of drug-likeness (QED) is 0.463. The lowest BCUT2D eigenvalue weighted by Gasteiger charge is -2.28. The van der Waals surface area contributed by atoms with Crippen LogP contribution in [0.2, 0.25) is 0 Å². The van der Waals surface area contributed by atoms with Gasteiger partial charge in [-0.1, -0.05) is 0 Å². The van der Waals surface area contributed by atoms with Crippen molar-refractivity contribution in [2.24, 2.45) is 0 Å². The van der Waals surface area contributed by atoms with E-state index in [4.69, 9.17) is 9.15 Å². The molecule has 1 aliphatic heterocycles. The molecule has 1 unspecified atom stereocenters. The van der Waals surface area contributed by atoms with Crippen molar-refractivity contribution >= 4 is 29.1 Å². The number of hydrogen-bond donors (Lipinski definition) is 1. The minimum atomic E-state index is -0.515. The largest absolute Gasteiger partial charge is 0.451 e. The van der Waals surface area contributed by atoms with Crippen LogP contribution in [-0.4, -0.2) is 62.8 Å². The number of carbonyl (C=O) groups is 2. The van der Waals surface area contributed by atoms with Gasteiger partial charge in [0.25, 0.3) is 5.91 Å². The zero-order valence-corrected chi connectivity index (χ0v) is 22.4. The molecule has 8 heteroatoms. The molecule has 1 atom stereocenters. The molecule has 2 heterocycles. The van der Waals surface area contributed by atoms with Crippen molar-refractivity contribution in [3.8, 4) is 11.3 Å². The fourth-order valence-corrected chi connectivity index (χ4v) is 4.26. The number of likely N-dealkylation sites (N-methyl/N-ethyl adjacent to an activating group) is 1. The van der Waals surface area contributed by atoms with E-state index in [2.05, 4.69) is 10.2 Å². The lowest BCUT2D eigenvalue weighted by atomic mass is 10.1. The molecule has 0 spiro atoms. The summed E-state index contributed by atoms with van der Waals surface area (Å²) in [6.07, 6.45) is 0.566. The van der Waals surface area contributed by atoms with Crippen molar-refractivity contribution in [3.05, 3.63) is 66.4 Å². The molecule has 1 aromatic heterocycles. The number of benzene rings is 2. The molecule has 1 N–H and O–H groups in total. The molecule has 37 heavy (non-hydrogen) atoms. The number of anilines is 3. The molecule has 4 rings (SSSR count). The van der Waals surface area contributed by atoms with E-state index in [1.54, 1.807) is 24.1 Å². The molecule has 8 nitrogen and oxygen atoms in total. The van der Waals surface area contributed by atoms with E-state index in [0.717, 1.165) is 36.4 Å². The minimum Gasteiger partial charge on any atom is -0.451 e. The van der Waals surface area contributed by atoms with Gasteiger partial charge in [0.15, 0.2) is 5.76 Å².